The molecule has 0 saturated carbocycles. The van der Waals surface area contributed by atoms with E-state index < -0.39 is 22.1 Å². The smallest absolute Gasteiger partial charge is 0.290 e. The van der Waals surface area contributed by atoms with Gasteiger partial charge in [-0.1, -0.05) is 23.2 Å². The summed E-state index contributed by atoms with van der Waals surface area (Å²) in [5, 5.41) is 22.1. The highest BCUT2D eigenvalue weighted by atomic mass is 35.5. The minimum Gasteiger partial charge on any atom is -0.394 e. The van der Waals surface area contributed by atoms with Gasteiger partial charge in [0.2, 0.25) is 0 Å². The number of aliphatic hydroxyl groups excluding tert-OH is 1. The molecule has 0 aliphatic rings. The predicted molar refractivity (Wildman–Crippen MR) is 71.7 cm³/mol. The Bertz CT molecular complexity index is 532. The van der Waals surface area contributed by atoms with Gasteiger partial charge >= 0.3 is 0 Å². The van der Waals surface area contributed by atoms with Gasteiger partial charge in [0.15, 0.2) is 0 Å². The van der Waals surface area contributed by atoms with Gasteiger partial charge in [-0.2, -0.15) is 0 Å². The van der Waals surface area contributed by atoms with Crippen molar-refractivity contribution in [2.45, 2.75) is 19.4 Å². The zero-order valence-corrected chi connectivity index (χ0v) is 11.7. The largest absolute Gasteiger partial charge is 0.394 e. The number of amides is 1. The van der Waals surface area contributed by atoms with Crippen LogP contribution in [-0.4, -0.2) is 28.1 Å². The number of hydrogen-bond acceptors (Lipinski definition) is 4. The molecule has 0 fully saturated rings. The van der Waals surface area contributed by atoms with Crippen LogP contribution in [0.2, 0.25) is 10.0 Å². The molecule has 0 heterocycles. The van der Waals surface area contributed by atoms with Gasteiger partial charge < -0.3 is 10.4 Å². The number of aliphatic hydroxyl groups is 1. The van der Waals surface area contributed by atoms with Crippen LogP contribution >= 0.6 is 23.2 Å². The molecule has 1 rings (SSSR count). The number of nitro groups is 1. The summed E-state index contributed by atoms with van der Waals surface area (Å²) in [4.78, 5) is 22.0. The first-order chi connectivity index (χ1) is 8.68. The van der Waals surface area contributed by atoms with Crippen LogP contribution in [0, 0.1) is 10.1 Å². The number of nitrogens with one attached hydrogen (secondary N) is 1. The second-order valence-corrected chi connectivity index (χ2v) is 5.33. The van der Waals surface area contributed by atoms with Crippen molar-refractivity contribution in [3.8, 4) is 0 Å². The Morgan fingerprint density at radius 3 is 2.53 bits per heavy atom. The highest BCUT2D eigenvalue weighted by Gasteiger charge is 2.24. The van der Waals surface area contributed by atoms with E-state index in [1.165, 1.54) is 6.07 Å². The Morgan fingerprint density at radius 2 is 2.05 bits per heavy atom. The quantitative estimate of drug-likeness (QED) is 0.660. The molecule has 0 aliphatic carbocycles. The van der Waals surface area contributed by atoms with E-state index >= 15 is 0 Å². The third-order valence-electron chi connectivity index (χ3n) is 2.32. The van der Waals surface area contributed by atoms with Crippen molar-refractivity contribution in [1.82, 2.24) is 5.32 Å². The monoisotopic (exact) mass is 306 g/mol. The van der Waals surface area contributed by atoms with E-state index in [2.05, 4.69) is 5.32 Å². The summed E-state index contributed by atoms with van der Waals surface area (Å²) in [6, 6.07) is 2.27. The Kier molecular flexibility index (Phi) is 4.73. The van der Waals surface area contributed by atoms with Crippen molar-refractivity contribution < 1.29 is 14.8 Å². The molecular weight excluding hydrogens is 295 g/mol. The maximum atomic E-state index is 11.9. The number of carbonyl (C=O) groups is 1. The SMILES string of the molecule is CC(C)(CO)NC(=O)c1cc(Cl)c(Cl)c([N+](=O)[O-])c1. The third kappa shape index (κ3) is 3.79. The molecule has 6 nitrogen and oxygen atoms in total. The van der Waals surface area contributed by atoms with Crippen LogP contribution in [0.5, 0.6) is 0 Å². The summed E-state index contributed by atoms with van der Waals surface area (Å²) in [5.74, 6) is -0.583. The Balaban J connectivity index is 3.15. The second-order valence-electron chi connectivity index (χ2n) is 4.54. The van der Waals surface area contributed by atoms with Crippen molar-refractivity contribution in [2.75, 3.05) is 6.61 Å². The highest BCUT2D eigenvalue weighted by Crippen LogP contribution is 2.33. The van der Waals surface area contributed by atoms with Crippen LogP contribution in [0.25, 0.3) is 0 Å². The third-order valence-corrected chi connectivity index (χ3v) is 3.11. The van der Waals surface area contributed by atoms with Gasteiger partial charge in [-0.3, -0.25) is 14.9 Å². The number of halogens is 2. The second kappa shape index (κ2) is 5.73. The molecule has 19 heavy (non-hydrogen) atoms. The Hall–Kier alpha value is -1.37. The average molecular weight is 307 g/mol. The molecule has 1 amide bonds. The van der Waals surface area contributed by atoms with Crippen molar-refractivity contribution >= 4 is 34.8 Å². The van der Waals surface area contributed by atoms with E-state index in [-0.39, 0.29) is 22.2 Å². The summed E-state index contributed by atoms with van der Waals surface area (Å²) in [6.45, 7) is 2.94. The standard InChI is InChI=1S/C11H12Cl2N2O4/c1-11(2,5-16)14-10(17)6-3-7(12)9(13)8(4-6)15(18)19/h3-4,16H,5H2,1-2H3,(H,14,17). The molecule has 0 aromatic heterocycles. The number of benzene rings is 1. The van der Waals surface area contributed by atoms with Crippen LogP contribution in [0.3, 0.4) is 0 Å². The van der Waals surface area contributed by atoms with Gasteiger partial charge in [0, 0.05) is 11.6 Å². The molecular formula is C11H12Cl2N2O4. The van der Waals surface area contributed by atoms with Gasteiger partial charge in [0.05, 0.1) is 22.1 Å². The van der Waals surface area contributed by atoms with Crippen LogP contribution in [-0.2, 0) is 0 Å². The minimum absolute atomic E-state index is 0.00243. The first kappa shape index (κ1) is 15.7. The first-order valence-electron chi connectivity index (χ1n) is 5.25. The number of nitro benzene ring substituents is 1. The van der Waals surface area contributed by atoms with Crippen molar-refractivity contribution in [3.05, 3.63) is 37.9 Å². The zero-order valence-electron chi connectivity index (χ0n) is 10.2. The summed E-state index contributed by atoms with van der Waals surface area (Å²) in [7, 11) is 0. The molecule has 0 unspecified atom stereocenters. The lowest BCUT2D eigenvalue weighted by Gasteiger charge is -2.23. The Morgan fingerprint density at radius 1 is 1.47 bits per heavy atom. The fraction of sp³-hybridized carbons (Fsp3) is 0.364. The van der Waals surface area contributed by atoms with E-state index in [0.717, 1.165) is 6.07 Å². The minimum atomic E-state index is -0.849. The van der Waals surface area contributed by atoms with Crippen LogP contribution in [0.15, 0.2) is 12.1 Å². The molecule has 0 aliphatic heterocycles. The van der Waals surface area contributed by atoms with Gasteiger partial charge in [-0.25, -0.2) is 0 Å². The molecule has 0 saturated heterocycles. The van der Waals surface area contributed by atoms with Gasteiger partial charge in [-0.05, 0) is 19.9 Å². The van der Waals surface area contributed by atoms with E-state index in [4.69, 9.17) is 28.3 Å². The van der Waals surface area contributed by atoms with E-state index in [0.29, 0.717) is 0 Å². The van der Waals surface area contributed by atoms with Crippen molar-refractivity contribution in [1.29, 1.82) is 0 Å². The Labute approximate surface area is 119 Å². The van der Waals surface area contributed by atoms with E-state index in [1.54, 1.807) is 13.8 Å². The molecule has 1 aromatic rings. The summed E-state index contributed by atoms with van der Waals surface area (Å²) in [6.07, 6.45) is 0. The first-order valence-corrected chi connectivity index (χ1v) is 6.00. The maximum absolute atomic E-state index is 11.9. The fourth-order valence-corrected chi connectivity index (χ4v) is 1.65. The molecule has 0 spiro atoms. The van der Waals surface area contributed by atoms with Crippen LogP contribution in [0.4, 0.5) is 5.69 Å². The molecule has 0 bridgehead atoms. The van der Waals surface area contributed by atoms with Crippen molar-refractivity contribution in [3.63, 3.8) is 0 Å². The lowest BCUT2D eigenvalue weighted by atomic mass is 10.1. The maximum Gasteiger partial charge on any atom is 0.290 e. The molecule has 1 aromatic carbocycles. The summed E-state index contributed by atoms with van der Waals surface area (Å²) >= 11 is 11.4. The highest BCUT2D eigenvalue weighted by molar-refractivity contribution is 6.43. The number of rotatable bonds is 4. The fourth-order valence-electron chi connectivity index (χ4n) is 1.26. The van der Waals surface area contributed by atoms with E-state index in [1.807, 2.05) is 0 Å². The molecule has 0 atom stereocenters. The molecule has 0 radical (unpaired) electrons. The average Bonchev–Trinajstić information content (AvgIpc) is 2.31. The lowest BCUT2D eigenvalue weighted by molar-refractivity contribution is -0.384. The molecule has 8 heteroatoms. The zero-order chi connectivity index (χ0) is 14.8. The summed E-state index contributed by atoms with van der Waals surface area (Å²) < 4.78 is 0. The van der Waals surface area contributed by atoms with Gasteiger partial charge in [0.1, 0.15) is 5.02 Å². The lowest BCUT2D eigenvalue weighted by Crippen LogP contribution is -2.46. The number of hydrogen-bond donors (Lipinski definition) is 2. The normalized spacial score (nSPS) is 11.2. The van der Waals surface area contributed by atoms with E-state index in [9.17, 15) is 14.9 Å². The summed E-state index contributed by atoms with van der Waals surface area (Å²) in [5.41, 5.74) is -1.29. The predicted octanol–water partition coefficient (Wildman–Crippen LogP) is 2.40. The topological polar surface area (TPSA) is 92.5 Å². The number of nitrogens with zero attached hydrogens (tertiary/aromatic N) is 1. The van der Waals surface area contributed by atoms with Crippen molar-refractivity contribution in [2.24, 2.45) is 0 Å². The van der Waals surface area contributed by atoms with Crippen LogP contribution in [0.1, 0.15) is 24.2 Å². The van der Waals surface area contributed by atoms with Gasteiger partial charge in [0.25, 0.3) is 11.6 Å². The molecule has 2 N–H and O–H groups in total. The van der Waals surface area contributed by atoms with Crippen LogP contribution < -0.4 is 5.32 Å². The molecule has 104 valence electrons. The number of carbonyl (C=O) groups excluding carboxylic acids is 1. The van der Waals surface area contributed by atoms with Gasteiger partial charge in [-0.15, -0.1) is 0 Å².